The second kappa shape index (κ2) is 6.96. The summed E-state index contributed by atoms with van der Waals surface area (Å²) in [6, 6.07) is 2.92. The van der Waals surface area contributed by atoms with E-state index in [4.69, 9.17) is 4.74 Å². The van der Waals surface area contributed by atoms with Crippen LogP contribution in [0.25, 0.3) is 0 Å². The second-order valence-corrected chi connectivity index (χ2v) is 7.63. The SMILES string of the molecule is CN1CCCC2C1CCN2C(=O)Nc1cc(C2CCOCC2)nn1C. The van der Waals surface area contributed by atoms with Crippen molar-refractivity contribution in [2.24, 2.45) is 7.05 Å². The number of likely N-dealkylation sites (N-methyl/N-ethyl adjacent to an activating group) is 1. The lowest BCUT2D eigenvalue weighted by atomic mass is 9.97. The molecule has 0 aliphatic carbocycles. The molecule has 3 fully saturated rings. The third kappa shape index (κ3) is 3.27. The topological polar surface area (TPSA) is 62.6 Å². The van der Waals surface area contributed by atoms with Gasteiger partial charge in [-0.1, -0.05) is 0 Å². The van der Waals surface area contributed by atoms with Crippen LogP contribution in [0.4, 0.5) is 10.6 Å². The summed E-state index contributed by atoms with van der Waals surface area (Å²) >= 11 is 0. The summed E-state index contributed by atoms with van der Waals surface area (Å²) in [5, 5.41) is 7.72. The molecule has 1 aromatic rings. The molecule has 138 valence electrons. The van der Waals surface area contributed by atoms with E-state index in [1.807, 2.05) is 18.0 Å². The number of carbonyl (C=O) groups excluding carboxylic acids is 1. The predicted molar refractivity (Wildman–Crippen MR) is 95.8 cm³/mol. The van der Waals surface area contributed by atoms with E-state index in [0.29, 0.717) is 18.0 Å². The van der Waals surface area contributed by atoms with Gasteiger partial charge in [-0.3, -0.25) is 10.00 Å². The van der Waals surface area contributed by atoms with Crippen molar-refractivity contribution in [1.82, 2.24) is 19.6 Å². The van der Waals surface area contributed by atoms with E-state index in [9.17, 15) is 4.79 Å². The highest BCUT2D eigenvalue weighted by Crippen LogP contribution is 2.31. The first-order valence-electron chi connectivity index (χ1n) is 9.53. The minimum Gasteiger partial charge on any atom is -0.381 e. The van der Waals surface area contributed by atoms with Crippen molar-refractivity contribution >= 4 is 11.8 Å². The summed E-state index contributed by atoms with van der Waals surface area (Å²) in [5.41, 5.74) is 1.07. The number of carbonyl (C=O) groups is 1. The van der Waals surface area contributed by atoms with E-state index in [1.54, 1.807) is 4.68 Å². The molecule has 0 spiro atoms. The summed E-state index contributed by atoms with van der Waals surface area (Å²) in [6.45, 7) is 3.59. The van der Waals surface area contributed by atoms with Gasteiger partial charge in [0.15, 0.2) is 0 Å². The number of rotatable bonds is 2. The Labute approximate surface area is 149 Å². The number of fused-ring (bicyclic) bond motifs is 1. The zero-order chi connectivity index (χ0) is 17.4. The molecule has 0 bridgehead atoms. The van der Waals surface area contributed by atoms with Crippen molar-refractivity contribution in [3.63, 3.8) is 0 Å². The first-order valence-corrected chi connectivity index (χ1v) is 9.53. The van der Waals surface area contributed by atoms with Gasteiger partial charge < -0.3 is 14.5 Å². The molecule has 0 radical (unpaired) electrons. The molecule has 7 heteroatoms. The van der Waals surface area contributed by atoms with Crippen molar-refractivity contribution in [3.05, 3.63) is 11.8 Å². The molecule has 0 saturated carbocycles. The number of aromatic nitrogens is 2. The van der Waals surface area contributed by atoms with Gasteiger partial charge in [-0.25, -0.2) is 4.79 Å². The highest BCUT2D eigenvalue weighted by Gasteiger charge is 2.41. The Hall–Kier alpha value is -1.60. The molecule has 2 unspecified atom stereocenters. The van der Waals surface area contributed by atoms with E-state index >= 15 is 0 Å². The van der Waals surface area contributed by atoms with Crippen LogP contribution in [0.5, 0.6) is 0 Å². The quantitative estimate of drug-likeness (QED) is 0.889. The highest BCUT2D eigenvalue weighted by atomic mass is 16.5. The van der Waals surface area contributed by atoms with Gasteiger partial charge in [0.1, 0.15) is 5.82 Å². The maximum atomic E-state index is 12.8. The number of hydrogen-bond donors (Lipinski definition) is 1. The number of anilines is 1. The minimum atomic E-state index is 0.0179. The number of nitrogens with zero attached hydrogens (tertiary/aromatic N) is 4. The Bertz CT molecular complexity index is 625. The third-order valence-electron chi connectivity index (χ3n) is 6.12. The molecule has 2 atom stereocenters. The molecule has 7 nitrogen and oxygen atoms in total. The summed E-state index contributed by atoms with van der Waals surface area (Å²) in [5.74, 6) is 1.23. The average molecular weight is 347 g/mol. The number of likely N-dealkylation sites (tertiary alicyclic amines) is 2. The fourth-order valence-electron chi connectivity index (χ4n) is 4.65. The van der Waals surface area contributed by atoms with Gasteiger partial charge in [0, 0.05) is 50.9 Å². The molecule has 3 saturated heterocycles. The molecular weight excluding hydrogens is 318 g/mol. The van der Waals surface area contributed by atoms with Gasteiger partial charge in [-0.2, -0.15) is 5.10 Å². The van der Waals surface area contributed by atoms with Crippen LogP contribution in [0.15, 0.2) is 6.07 Å². The number of urea groups is 1. The Kier molecular flexibility index (Phi) is 4.69. The maximum absolute atomic E-state index is 12.8. The van der Waals surface area contributed by atoms with Crippen molar-refractivity contribution in [1.29, 1.82) is 0 Å². The second-order valence-electron chi connectivity index (χ2n) is 7.63. The molecule has 25 heavy (non-hydrogen) atoms. The smallest absolute Gasteiger partial charge is 0.323 e. The van der Waals surface area contributed by atoms with Crippen LogP contribution >= 0.6 is 0 Å². The first-order chi connectivity index (χ1) is 12.1. The zero-order valence-corrected chi connectivity index (χ0v) is 15.3. The van der Waals surface area contributed by atoms with Crippen LogP contribution in [0.1, 0.15) is 43.7 Å². The van der Waals surface area contributed by atoms with Crippen molar-refractivity contribution < 1.29 is 9.53 Å². The van der Waals surface area contributed by atoms with Crippen molar-refractivity contribution in [2.45, 2.75) is 50.1 Å². The number of nitrogens with one attached hydrogen (secondary N) is 1. The number of hydrogen-bond acceptors (Lipinski definition) is 4. The Morgan fingerprint density at radius 3 is 2.76 bits per heavy atom. The lowest BCUT2D eigenvalue weighted by Gasteiger charge is -2.37. The van der Waals surface area contributed by atoms with Gasteiger partial charge >= 0.3 is 6.03 Å². The van der Waals surface area contributed by atoms with Crippen LogP contribution in [-0.4, -0.2) is 71.0 Å². The van der Waals surface area contributed by atoms with Crippen LogP contribution in [0, 0.1) is 0 Å². The zero-order valence-electron chi connectivity index (χ0n) is 15.3. The van der Waals surface area contributed by atoms with E-state index in [2.05, 4.69) is 22.4 Å². The van der Waals surface area contributed by atoms with Crippen LogP contribution in [0.3, 0.4) is 0 Å². The van der Waals surface area contributed by atoms with E-state index in [1.165, 1.54) is 6.42 Å². The molecule has 3 aliphatic rings. The maximum Gasteiger partial charge on any atom is 0.323 e. The molecular formula is C18H29N5O2. The Morgan fingerprint density at radius 2 is 1.96 bits per heavy atom. The molecule has 2 amide bonds. The van der Waals surface area contributed by atoms with Gasteiger partial charge in [0.2, 0.25) is 0 Å². The molecule has 4 heterocycles. The summed E-state index contributed by atoms with van der Waals surface area (Å²) in [6.07, 6.45) is 5.37. The Balaban J connectivity index is 1.43. The fourth-order valence-corrected chi connectivity index (χ4v) is 4.65. The fraction of sp³-hybridized carbons (Fsp3) is 0.778. The first kappa shape index (κ1) is 16.8. The van der Waals surface area contributed by atoms with Gasteiger partial charge in [0.25, 0.3) is 0 Å². The monoisotopic (exact) mass is 347 g/mol. The molecule has 4 rings (SSSR count). The van der Waals surface area contributed by atoms with Crippen molar-refractivity contribution in [2.75, 3.05) is 38.7 Å². The molecule has 0 aromatic carbocycles. The summed E-state index contributed by atoms with van der Waals surface area (Å²) < 4.78 is 7.23. The van der Waals surface area contributed by atoms with Gasteiger partial charge in [0.05, 0.1) is 5.69 Å². The number of amides is 2. The van der Waals surface area contributed by atoms with Crippen LogP contribution < -0.4 is 5.32 Å². The normalized spacial score (nSPS) is 28.2. The third-order valence-corrected chi connectivity index (χ3v) is 6.12. The van der Waals surface area contributed by atoms with Crippen molar-refractivity contribution in [3.8, 4) is 0 Å². The van der Waals surface area contributed by atoms with E-state index < -0.39 is 0 Å². The largest absolute Gasteiger partial charge is 0.381 e. The van der Waals surface area contributed by atoms with Crippen LogP contribution in [-0.2, 0) is 11.8 Å². The highest BCUT2D eigenvalue weighted by molar-refractivity contribution is 5.89. The number of piperidine rings is 1. The van der Waals surface area contributed by atoms with Crippen LogP contribution in [0.2, 0.25) is 0 Å². The van der Waals surface area contributed by atoms with E-state index in [0.717, 1.165) is 63.5 Å². The predicted octanol–water partition coefficient (Wildman–Crippen LogP) is 2.01. The molecule has 1 N–H and O–H groups in total. The average Bonchev–Trinajstić information content (AvgIpc) is 3.21. The van der Waals surface area contributed by atoms with E-state index in [-0.39, 0.29) is 6.03 Å². The summed E-state index contributed by atoms with van der Waals surface area (Å²) in [4.78, 5) is 17.3. The van der Waals surface area contributed by atoms with Gasteiger partial charge in [-0.15, -0.1) is 0 Å². The summed E-state index contributed by atoms with van der Waals surface area (Å²) in [7, 11) is 4.08. The Morgan fingerprint density at radius 1 is 1.16 bits per heavy atom. The number of aryl methyl sites for hydroxylation is 1. The van der Waals surface area contributed by atoms with Gasteiger partial charge in [-0.05, 0) is 45.7 Å². The lowest BCUT2D eigenvalue weighted by molar-refractivity contribution is 0.0844. The lowest BCUT2D eigenvalue weighted by Crippen LogP contribution is -2.50. The number of ether oxygens (including phenoxy) is 1. The molecule has 3 aliphatic heterocycles. The standard InChI is InChI=1S/C18H29N5O2/c1-21-8-3-4-16-15(21)5-9-23(16)18(24)19-17-12-14(20-22(17)2)13-6-10-25-11-7-13/h12-13,15-16H,3-11H2,1-2H3,(H,19,24). The minimum absolute atomic E-state index is 0.0179. The molecule has 1 aromatic heterocycles.